The van der Waals surface area contributed by atoms with Crippen molar-refractivity contribution in [3.8, 4) is 0 Å². The lowest BCUT2D eigenvalue weighted by Gasteiger charge is -2.41. The molecule has 2 atom stereocenters. The van der Waals surface area contributed by atoms with Crippen LogP contribution in [0.1, 0.15) is 46.7 Å². The zero-order valence-electron chi connectivity index (χ0n) is 14.2. The number of thiophene rings is 1. The van der Waals surface area contributed by atoms with E-state index in [1.165, 1.54) is 37.0 Å². The third-order valence-electron chi connectivity index (χ3n) is 5.19. The highest BCUT2D eigenvalue weighted by atomic mass is 32.2. The van der Waals surface area contributed by atoms with Crippen molar-refractivity contribution in [1.82, 2.24) is 9.62 Å². The number of nitrogens with one attached hydrogen (secondary N) is 1. The first-order valence-electron chi connectivity index (χ1n) is 8.75. The summed E-state index contributed by atoms with van der Waals surface area (Å²) in [6.45, 7) is 2.16. The largest absolute Gasteiger partial charge is 0.338 e. The van der Waals surface area contributed by atoms with Crippen LogP contribution in [0.25, 0.3) is 0 Å². The first-order valence-corrected chi connectivity index (χ1v) is 11.5. The minimum atomic E-state index is -3.15. The van der Waals surface area contributed by atoms with Crippen LogP contribution in [-0.4, -0.2) is 45.1 Å². The van der Waals surface area contributed by atoms with Crippen molar-refractivity contribution in [1.29, 1.82) is 0 Å². The maximum atomic E-state index is 12.7. The van der Waals surface area contributed by atoms with Gasteiger partial charge in [-0.25, -0.2) is 13.1 Å². The number of rotatable bonds is 5. The lowest BCUT2D eigenvalue weighted by molar-refractivity contribution is 0.0525. The monoisotopic (exact) mass is 370 g/mol. The fourth-order valence-electron chi connectivity index (χ4n) is 3.93. The van der Waals surface area contributed by atoms with Gasteiger partial charge in [0.05, 0.1) is 11.1 Å². The molecule has 0 bridgehead atoms. The first kappa shape index (κ1) is 17.9. The summed E-state index contributed by atoms with van der Waals surface area (Å²) in [6.07, 6.45) is 8.18. The lowest BCUT2D eigenvalue weighted by Crippen LogP contribution is -2.44. The number of amides is 1. The third-order valence-corrected chi connectivity index (χ3v) is 7.05. The fraction of sp³-hybridized carbons (Fsp3) is 0.706. The van der Waals surface area contributed by atoms with Gasteiger partial charge in [0.15, 0.2) is 0 Å². The van der Waals surface area contributed by atoms with Gasteiger partial charge in [0.2, 0.25) is 10.0 Å². The van der Waals surface area contributed by atoms with Crippen LogP contribution in [0.2, 0.25) is 0 Å². The molecule has 0 unspecified atom stereocenters. The third kappa shape index (κ3) is 4.58. The second-order valence-corrected chi connectivity index (χ2v) is 10.0. The van der Waals surface area contributed by atoms with Crippen LogP contribution in [0.4, 0.5) is 0 Å². The molecule has 1 saturated heterocycles. The van der Waals surface area contributed by atoms with Crippen LogP contribution in [0.3, 0.4) is 0 Å². The molecule has 24 heavy (non-hydrogen) atoms. The zero-order chi connectivity index (χ0) is 17.2. The minimum Gasteiger partial charge on any atom is -0.338 e. The number of sulfonamides is 1. The molecular formula is C17H26N2O3S2. The van der Waals surface area contributed by atoms with E-state index in [9.17, 15) is 13.2 Å². The maximum absolute atomic E-state index is 12.7. The summed E-state index contributed by atoms with van der Waals surface area (Å²) in [6, 6.07) is 3.82. The standard InChI is InChI=1S/C17H26N2O3S2/c1-24(21,22)18-10-8-15-6-7-16(23-15)17(20)19-11-9-13-4-2-3-5-14(13)12-19/h6-7,13-14,18H,2-5,8-12H2,1H3/t13-,14+/m1/s1. The van der Waals surface area contributed by atoms with Gasteiger partial charge in [-0.2, -0.15) is 0 Å². The summed E-state index contributed by atoms with van der Waals surface area (Å²) < 4.78 is 24.7. The highest BCUT2D eigenvalue weighted by molar-refractivity contribution is 7.88. The second-order valence-electron chi connectivity index (χ2n) is 7.03. The Hall–Kier alpha value is -0.920. The molecule has 1 aromatic rings. The molecule has 1 aliphatic carbocycles. The van der Waals surface area contributed by atoms with E-state index in [1.807, 2.05) is 17.0 Å². The van der Waals surface area contributed by atoms with Crippen molar-refractivity contribution >= 4 is 27.3 Å². The van der Waals surface area contributed by atoms with Crippen LogP contribution in [-0.2, 0) is 16.4 Å². The van der Waals surface area contributed by atoms with E-state index in [0.717, 1.165) is 41.4 Å². The molecule has 134 valence electrons. The molecule has 2 fully saturated rings. The fourth-order valence-corrected chi connectivity index (χ4v) is 5.38. The number of nitrogens with zero attached hydrogens (tertiary/aromatic N) is 1. The number of hydrogen-bond acceptors (Lipinski definition) is 4. The molecule has 1 amide bonds. The van der Waals surface area contributed by atoms with Crippen molar-refractivity contribution in [2.75, 3.05) is 25.9 Å². The van der Waals surface area contributed by atoms with Crippen LogP contribution < -0.4 is 4.72 Å². The number of hydrogen-bond donors (Lipinski definition) is 1. The van der Waals surface area contributed by atoms with E-state index < -0.39 is 10.0 Å². The molecular weight excluding hydrogens is 344 g/mol. The minimum absolute atomic E-state index is 0.145. The maximum Gasteiger partial charge on any atom is 0.263 e. The van der Waals surface area contributed by atoms with Crippen LogP contribution in [0, 0.1) is 11.8 Å². The van der Waals surface area contributed by atoms with Crippen LogP contribution in [0.5, 0.6) is 0 Å². The number of carbonyl (C=O) groups excluding carboxylic acids is 1. The van der Waals surface area contributed by atoms with Crippen molar-refractivity contribution in [3.05, 3.63) is 21.9 Å². The van der Waals surface area contributed by atoms with Gasteiger partial charge < -0.3 is 4.90 Å². The number of likely N-dealkylation sites (tertiary alicyclic amines) is 1. The molecule has 1 N–H and O–H groups in total. The Balaban J connectivity index is 1.55. The van der Waals surface area contributed by atoms with Gasteiger partial charge in [0.1, 0.15) is 0 Å². The summed E-state index contributed by atoms with van der Waals surface area (Å²) in [5.74, 6) is 1.66. The highest BCUT2D eigenvalue weighted by Gasteiger charge is 2.33. The second kappa shape index (κ2) is 7.54. The Morgan fingerprint density at radius 1 is 1.25 bits per heavy atom. The van der Waals surface area contributed by atoms with Crippen LogP contribution in [0.15, 0.2) is 12.1 Å². The highest BCUT2D eigenvalue weighted by Crippen LogP contribution is 2.36. The van der Waals surface area contributed by atoms with Crippen molar-refractivity contribution in [2.45, 2.75) is 38.5 Å². The number of piperidine rings is 1. The molecule has 0 radical (unpaired) electrons. The van der Waals surface area contributed by atoms with E-state index >= 15 is 0 Å². The van der Waals surface area contributed by atoms with E-state index in [4.69, 9.17) is 0 Å². The Labute approximate surface area is 148 Å². The topological polar surface area (TPSA) is 66.5 Å². The Kier molecular flexibility index (Phi) is 5.62. The van der Waals surface area contributed by atoms with Crippen molar-refractivity contribution < 1.29 is 13.2 Å². The van der Waals surface area contributed by atoms with E-state index in [0.29, 0.717) is 18.9 Å². The van der Waals surface area contributed by atoms with Gasteiger partial charge in [-0.3, -0.25) is 4.79 Å². The Morgan fingerprint density at radius 2 is 2.00 bits per heavy atom. The molecule has 1 aromatic heterocycles. The van der Waals surface area contributed by atoms with Gasteiger partial charge in [-0.05, 0) is 43.2 Å². The summed E-state index contributed by atoms with van der Waals surface area (Å²) in [4.78, 5) is 16.6. The van der Waals surface area contributed by atoms with Gasteiger partial charge in [-0.15, -0.1) is 11.3 Å². The van der Waals surface area contributed by atoms with E-state index in [2.05, 4.69) is 4.72 Å². The SMILES string of the molecule is CS(=O)(=O)NCCc1ccc(C(=O)N2CC[C@H]3CCCC[C@H]3C2)s1. The zero-order valence-corrected chi connectivity index (χ0v) is 15.8. The van der Waals surface area contributed by atoms with Crippen molar-refractivity contribution in [3.63, 3.8) is 0 Å². The van der Waals surface area contributed by atoms with E-state index in [1.54, 1.807) is 0 Å². The predicted octanol–water partition coefficient (Wildman–Crippen LogP) is 2.49. The Bertz CT molecular complexity index is 684. The molecule has 3 rings (SSSR count). The normalized spacial score (nSPS) is 24.6. The number of fused-ring (bicyclic) bond motifs is 1. The van der Waals surface area contributed by atoms with Crippen LogP contribution >= 0.6 is 11.3 Å². The lowest BCUT2D eigenvalue weighted by atomic mass is 9.75. The smallest absolute Gasteiger partial charge is 0.263 e. The summed E-state index contributed by atoms with van der Waals surface area (Å²) in [7, 11) is -3.15. The molecule has 5 nitrogen and oxygen atoms in total. The summed E-state index contributed by atoms with van der Waals surface area (Å²) in [5.41, 5.74) is 0. The number of carbonyl (C=O) groups is 1. The van der Waals surface area contributed by atoms with Gasteiger partial charge in [0, 0.05) is 24.5 Å². The van der Waals surface area contributed by atoms with Crippen molar-refractivity contribution in [2.24, 2.45) is 11.8 Å². The Morgan fingerprint density at radius 3 is 2.75 bits per heavy atom. The van der Waals surface area contributed by atoms with Gasteiger partial charge in [0.25, 0.3) is 5.91 Å². The molecule has 0 aromatic carbocycles. The van der Waals surface area contributed by atoms with Gasteiger partial charge >= 0.3 is 0 Å². The molecule has 7 heteroatoms. The quantitative estimate of drug-likeness (QED) is 0.866. The molecule has 2 heterocycles. The molecule has 0 spiro atoms. The first-order chi connectivity index (χ1) is 11.4. The average Bonchev–Trinajstić information content (AvgIpc) is 3.01. The molecule has 2 aliphatic rings. The summed E-state index contributed by atoms with van der Waals surface area (Å²) >= 11 is 1.49. The average molecular weight is 371 g/mol. The molecule has 1 aliphatic heterocycles. The summed E-state index contributed by atoms with van der Waals surface area (Å²) in [5, 5.41) is 0. The predicted molar refractivity (Wildman–Crippen MR) is 96.8 cm³/mol. The van der Waals surface area contributed by atoms with Gasteiger partial charge in [-0.1, -0.05) is 19.3 Å². The molecule has 1 saturated carbocycles. The van der Waals surface area contributed by atoms with E-state index in [-0.39, 0.29) is 5.91 Å².